The largest absolute Gasteiger partial charge is 0.0654 e. The van der Waals surface area contributed by atoms with E-state index in [0.29, 0.717) is 0 Å². The van der Waals surface area contributed by atoms with Crippen LogP contribution in [0.15, 0.2) is 0 Å². The molecule has 0 spiro atoms. The molecule has 0 heterocycles. The molecule has 0 saturated carbocycles. The molecule has 0 rings (SSSR count). The molecule has 7 heavy (non-hydrogen) atoms. The summed E-state index contributed by atoms with van der Waals surface area (Å²) >= 11 is 0. The quantitative estimate of drug-likeness (QED) is 0.608. The topological polar surface area (TPSA) is 0 Å². The van der Waals surface area contributed by atoms with E-state index in [1.807, 2.05) is 0 Å². The third-order valence-corrected chi connectivity index (χ3v) is 0.866. The monoisotopic (exact) mass is 176 g/mol. The molecular weight excluding hydrogens is 163 g/mol. The summed E-state index contributed by atoms with van der Waals surface area (Å²) in [4.78, 5) is 0. The van der Waals surface area contributed by atoms with Gasteiger partial charge < -0.3 is 0 Å². The van der Waals surface area contributed by atoms with Crippen LogP contribution in [0.25, 0.3) is 0 Å². The Labute approximate surface area is 65.8 Å². The van der Waals surface area contributed by atoms with Crippen LogP contribution in [0.5, 0.6) is 0 Å². The Hall–Kier alpha value is 0.883. The van der Waals surface area contributed by atoms with E-state index in [1.54, 1.807) is 0 Å². The fraction of sp³-hybridized carbons (Fsp3) is 1.00. The maximum absolute atomic E-state index is 2.25. The SMILES string of the molecule is CCCC(C)C.[Zr]. The summed E-state index contributed by atoms with van der Waals surface area (Å²) in [7, 11) is 0. The third-order valence-electron chi connectivity index (χ3n) is 0.866. The van der Waals surface area contributed by atoms with Crippen LogP contribution in [0.1, 0.15) is 33.6 Å². The normalized spacial score (nSPS) is 8.57. The minimum Gasteiger partial charge on any atom is -0.0654 e. The van der Waals surface area contributed by atoms with Crippen molar-refractivity contribution in [1.82, 2.24) is 0 Å². The number of hydrogen-bond donors (Lipinski definition) is 0. The van der Waals surface area contributed by atoms with Crippen LogP contribution >= 0.6 is 0 Å². The van der Waals surface area contributed by atoms with Crippen LogP contribution in [0.3, 0.4) is 0 Å². The van der Waals surface area contributed by atoms with E-state index in [-0.39, 0.29) is 26.2 Å². The zero-order chi connectivity index (χ0) is 4.99. The summed E-state index contributed by atoms with van der Waals surface area (Å²) in [5.74, 6) is 0.898. The van der Waals surface area contributed by atoms with E-state index < -0.39 is 0 Å². The molecule has 0 bridgehead atoms. The van der Waals surface area contributed by atoms with Gasteiger partial charge in [0.15, 0.2) is 0 Å². The second-order valence-electron chi connectivity index (χ2n) is 2.18. The maximum atomic E-state index is 2.25. The van der Waals surface area contributed by atoms with Crippen LogP contribution < -0.4 is 0 Å². The molecule has 1 heteroatoms. The molecule has 0 atom stereocenters. The molecule has 0 radical (unpaired) electrons. The van der Waals surface area contributed by atoms with Gasteiger partial charge in [0.2, 0.25) is 0 Å². The Kier molecular flexibility index (Phi) is 10.6. The molecule has 0 unspecified atom stereocenters. The molecule has 0 fully saturated rings. The second kappa shape index (κ2) is 6.88. The molecule has 0 aromatic heterocycles. The molecule has 42 valence electrons. The molecule has 0 aliphatic carbocycles. The first kappa shape index (κ1) is 10.8. The first-order valence-corrected chi connectivity index (χ1v) is 2.77. The van der Waals surface area contributed by atoms with Crippen LogP contribution in [0.2, 0.25) is 0 Å². The van der Waals surface area contributed by atoms with Crippen molar-refractivity contribution in [3.8, 4) is 0 Å². The van der Waals surface area contributed by atoms with Gasteiger partial charge in [0.1, 0.15) is 0 Å². The van der Waals surface area contributed by atoms with E-state index in [2.05, 4.69) is 20.8 Å². The smallest absolute Gasteiger partial charge is 0 e. The van der Waals surface area contributed by atoms with Crippen molar-refractivity contribution in [3.05, 3.63) is 0 Å². The fourth-order valence-corrected chi connectivity index (χ4v) is 0.577. The minimum atomic E-state index is 0. The van der Waals surface area contributed by atoms with Crippen molar-refractivity contribution >= 4 is 0 Å². The Morgan fingerprint density at radius 3 is 1.71 bits per heavy atom. The fourth-order valence-electron chi connectivity index (χ4n) is 0.577. The second-order valence-corrected chi connectivity index (χ2v) is 2.18. The molecule has 0 aromatic carbocycles. The van der Waals surface area contributed by atoms with E-state index in [4.69, 9.17) is 0 Å². The summed E-state index contributed by atoms with van der Waals surface area (Å²) in [6.07, 6.45) is 2.71. The summed E-state index contributed by atoms with van der Waals surface area (Å²) in [5, 5.41) is 0. The van der Waals surface area contributed by atoms with Crippen molar-refractivity contribution in [2.75, 3.05) is 0 Å². The van der Waals surface area contributed by atoms with Gasteiger partial charge in [0, 0.05) is 26.2 Å². The van der Waals surface area contributed by atoms with Gasteiger partial charge in [-0.2, -0.15) is 0 Å². The van der Waals surface area contributed by atoms with Gasteiger partial charge in [-0.1, -0.05) is 33.6 Å². The first-order chi connectivity index (χ1) is 2.77. The van der Waals surface area contributed by atoms with Gasteiger partial charge in [-0.3, -0.25) is 0 Å². The predicted octanol–water partition coefficient (Wildman–Crippen LogP) is 2.44. The van der Waals surface area contributed by atoms with Crippen LogP contribution in [-0.2, 0) is 26.2 Å². The van der Waals surface area contributed by atoms with Gasteiger partial charge in [-0.05, 0) is 5.92 Å². The standard InChI is InChI=1S/C6H14.Zr/c1-4-5-6(2)3;/h6H,4-5H2,1-3H3;. The summed E-state index contributed by atoms with van der Waals surface area (Å²) in [5.41, 5.74) is 0. The Bertz CT molecular complexity index is 25.4. The van der Waals surface area contributed by atoms with Gasteiger partial charge in [-0.25, -0.2) is 0 Å². The molecule has 0 amide bonds. The molecular formula is C6H14Zr. The molecule has 0 N–H and O–H groups in total. The number of hydrogen-bond acceptors (Lipinski definition) is 0. The molecule has 0 nitrogen and oxygen atoms in total. The van der Waals surface area contributed by atoms with E-state index in [9.17, 15) is 0 Å². The van der Waals surface area contributed by atoms with Gasteiger partial charge in [-0.15, -0.1) is 0 Å². The average Bonchev–Trinajstić information content (AvgIpc) is 1.35. The third kappa shape index (κ3) is 10.9. The van der Waals surface area contributed by atoms with E-state index in [0.717, 1.165) is 5.92 Å². The van der Waals surface area contributed by atoms with Crippen LogP contribution in [-0.4, -0.2) is 0 Å². The van der Waals surface area contributed by atoms with Crippen molar-refractivity contribution in [1.29, 1.82) is 0 Å². The van der Waals surface area contributed by atoms with Crippen molar-refractivity contribution in [2.45, 2.75) is 33.6 Å². The molecule has 0 aliphatic rings. The number of rotatable bonds is 2. The van der Waals surface area contributed by atoms with Crippen molar-refractivity contribution in [2.24, 2.45) is 5.92 Å². The summed E-state index contributed by atoms with van der Waals surface area (Å²) in [6.45, 7) is 6.73. The zero-order valence-corrected chi connectivity index (χ0v) is 7.95. The summed E-state index contributed by atoms with van der Waals surface area (Å²) in [6, 6.07) is 0. The van der Waals surface area contributed by atoms with E-state index in [1.165, 1.54) is 12.8 Å². The van der Waals surface area contributed by atoms with Gasteiger partial charge in [0.05, 0.1) is 0 Å². The van der Waals surface area contributed by atoms with Crippen LogP contribution in [0.4, 0.5) is 0 Å². The molecule has 0 aromatic rings. The van der Waals surface area contributed by atoms with Crippen molar-refractivity contribution < 1.29 is 26.2 Å². The average molecular weight is 177 g/mol. The van der Waals surface area contributed by atoms with Crippen molar-refractivity contribution in [3.63, 3.8) is 0 Å². The minimum absolute atomic E-state index is 0. The maximum Gasteiger partial charge on any atom is 0 e. The molecule has 0 aliphatic heterocycles. The summed E-state index contributed by atoms with van der Waals surface area (Å²) < 4.78 is 0. The Balaban J connectivity index is 0. The first-order valence-electron chi connectivity index (χ1n) is 2.77. The zero-order valence-electron chi connectivity index (χ0n) is 5.49. The van der Waals surface area contributed by atoms with Gasteiger partial charge >= 0.3 is 0 Å². The Morgan fingerprint density at radius 1 is 1.29 bits per heavy atom. The van der Waals surface area contributed by atoms with Gasteiger partial charge in [0.25, 0.3) is 0 Å². The predicted molar refractivity (Wildman–Crippen MR) is 29.7 cm³/mol. The van der Waals surface area contributed by atoms with Crippen LogP contribution in [0, 0.1) is 5.92 Å². The molecule has 0 saturated heterocycles. The Morgan fingerprint density at radius 2 is 1.71 bits per heavy atom. The van der Waals surface area contributed by atoms with E-state index >= 15 is 0 Å².